The quantitative estimate of drug-likeness (QED) is 0.118. The van der Waals surface area contributed by atoms with Gasteiger partial charge in [-0.3, -0.25) is 4.57 Å². The molecule has 0 N–H and O–H groups in total. The van der Waals surface area contributed by atoms with E-state index in [9.17, 15) is 0 Å². The molecule has 310 valence electrons. The van der Waals surface area contributed by atoms with Gasteiger partial charge in [0, 0.05) is 47.0 Å². The van der Waals surface area contributed by atoms with Crippen molar-refractivity contribution in [1.82, 2.24) is 14.1 Å². The molecule has 5 nitrogen and oxygen atoms in total. The van der Waals surface area contributed by atoms with Crippen LogP contribution in [0.2, 0.25) is 0 Å². The number of rotatable bonds is 7. The SMILES string of the molecule is [2H]c1c([2H])c([2H])c(-c2cccc(C(C)(C)C)c2-[n+]2[c-]n(-c3[c-]c(Oc4[c-]c5c(cc4)c4ccccc4n5-c4cc(C([2H])([2H])C(C)(C)C)ccn4)ccc3)c3cc(C(C)(C)C)ccc32)c([2H])c1[2H].[Pt]. The van der Waals surface area contributed by atoms with Gasteiger partial charge in [-0.1, -0.05) is 147 Å². The zero-order chi connectivity index (χ0) is 48.1. The minimum atomic E-state index is -1.62. The predicted octanol–water partition coefficient (Wildman–Crippen LogP) is 13.4. The molecule has 0 fully saturated rings. The van der Waals surface area contributed by atoms with Gasteiger partial charge in [-0.15, -0.1) is 29.7 Å². The fourth-order valence-electron chi connectivity index (χ4n) is 7.86. The maximum absolute atomic E-state index is 9.02. The molecule has 9 rings (SSSR count). The van der Waals surface area contributed by atoms with E-state index < -0.39 is 35.3 Å². The van der Waals surface area contributed by atoms with Crippen LogP contribution in [0.15, 0.2) is 140 Å². The molecule has 0 aliphatic heterocycles. The van der Waals surface area contributed by atoms with Crippen molar-refractivity contribution in [3.05, 3.63) is 175 Å². The Morgan fingerprint density at radius 3 is 2.23 bits per heavy atom. The normalized spacial score (nSPS) is 14.1. The number of hydrogen-bond donors (Lipinski definition) is 0. The summed E-state index contributed by atoms with van der Waals surface area (Å²) in [5.41, 5.74) is 6.38. The van der Waals surface area contributed by atoms with Crippen LogP contribution in [0.4, 0.5) is 0 Å². The molecule has 6 aromatic carbocycles. The fourth-order valence-corrected chi connectivity index (χ4v) is 7.86. The summed E-state index contributed by atoms with van der Waals surface area (Å²) in [6.07, 6.45) is 3.66. The molecule has 0 bridgehead atoms. The van der Waals surface area contributed by atoms with E-state index in [1.807, 2.05) is 107 Å². The van der Waals surface area contributed by atoms with Crippen LogP contribution < -0.4 is 9.30 Å². The third kappa shape index (κ3) is 8.21. The standard InChI is InChI=1S/C55H52N4O.Pt/c1-53(2,3)35-37-29-30-56-51(31-37)59-47-24-14-13-21-44(47)45-27-26-42(34-49(45)59)60-41-20-15-19-40(33-41)57-36-58(48-28-25-39(32-50(48)57)54(4,5)6)52-43(38-17-11-10-12-18-38)22-16-23-46(52)55(7,8)9;/h10-32H,35H2,1-9H3;/q-2;/i10D,11D,12D,17D,18D,35D2;. The topological polar surface area (TPSA) is 35.9 Å². The van der Waals surface area contributed by atoms with E-state index in [2.05, 4.69) is 84.3 Å². The summed E-state index contributed by atoms with van der Waals surface area (Å²) in [5.74, 6) is 1.44. The molecule has 0 amide bonds. The molecule has 0 unspecified atom stereocenters. The summed E-state index contributed by atoms with van der Waals surface area (Å²) < 4.78 is 74.0. The molecule has 3 aromatic heterocycles. The van der Waals surface area contributed by atoms with Gasteiger partial charge in [0.15, 0.2) is 0 Å². The number of benzene rings is 6. The van der Waals surface area contributed by atoms with E-state index in [0.29, 0.717) is 39.8 Å². The van der Waals surface area contributed by atoms with Gasteiger partial charge in [-0.2, -0.15) is 18.2 Å². The Hall–Kier alpha value is -5.77. The average molecular weight is 987 g/mol. The number of hydrogen-bond acceptors (Lipinski definition) is 2. The molecule has 0 saturated heterocycles. The van der Waals surface area contributed by atoms with Crippen LogP contribution >= 0.6 is 0 Å². The van der Waals surface area contributed by atoms with Crippen molar-refractivity contribution in [3.8, 4) is 39.8 Å². The van der Waals surface area contributed by atoms with E-state index in [-0.39, 0.29) is 44.1 Å². The number of para-hydroxylation sites is 2. The van der Waals surface area contributed by atoms with Crippen molar-refractivity contribution >= 4 is 32.8 Å². The first-order valence-corrected chi connectivity index (χ1v) is 20.3. The van der Waals surface area contributed by atoms with Crippen molar-refractivity contribution in [2.75, 3.05) is 0 Å². The van der Waals surface area contributed by atoms with E-state index in [0.717, 1.165) is 44.0 Å². The molecular weight excluding hydrogens is 928 g/mol. The largest absolute Gasteiger partial charge is 0.510 e. The van der Waals surface area contributed by atoms with E-state index in [1.54, 1.807) is 12.3 Å². The molecular formula is C55H52N4OPt-2. The van der Waals surface area contributed by atoms with Crippen LogP contribution in [-0.2, 0) is 38.3 Å². The number of pyridine rings is 1. The van der Waals surface area contributed by atoms with Crippen LogP contribution in [0.5, 0.6) is 11.5 Å². The molecule has 0 spiro atoms. The van der Waals surface area contributed by atoms with Gasteiger partial charge in [0.1, 0.15) is 5.82 Å². The van der Waals surface area contributed by atoms with Crippen molar-refractivity contribution < 1.29 is 40.0 Å². The van der Waals surface area contributed by atoms with Crippen LogP contribution in [0.25, 0.3) is 61.2 Å². The monoisotopic (exact) mass is 986 g/mol. The van der Waals surface area contributed by atoms with Crippen LogP contribution in [0.1, 0.15) is 88.6 Å². The van der Waals surface area contributed by atoms with Gasteiger partial charge < -0.3 is 13.9 Å². The summed E-state index contributed by atoms with van der Waals surface area (Å²) >= 11 is 0. The fraction of sp³-hybridized carbons (Fsp3) is 0.236. The van der Waals surface area contributed by atoms with Crippen LogP contribution in [0.3, 0.4) is 0 Å². The van der Waals surface area contributed by atoms with Crippen LogP contribution in [-0.4, -0.2) is 14.1 Å². The maximum atomic E-state index is 9.02. The second-order valence-electron chi connectivity index (χ2n) is 18.4. The second kappa shape index (κ2) is 15.9. The molecule has 0 radical (unpaired) electrons. The zero-order valence-corrected chi connectivity index (χ0v) is 38.2. The Balaban J connectivity index is 0.00000625. The molecule has 3 heterocycles. The number of imidazole rings is 1. The molecule has 9 aromatic rings. The third-order valence-corrected chi connectivity index (χ3v) is 10.6. The third-order valence-electron chi connectivity index (χ3n) is 10.6. The number of ether oxygens (including phenoxy) is 1. The van der Waals surface area contributed by atoms with Crippen molar-refractivity contribution in [1.29, 1.82) is 0 Å². The first kappa shape index (κ1) is 33.9. The summed E-state index contributed by atoms with van der Waals surface area (Å²) in [5, 5.41) is 1.94. The number of fused-ring (bicyclic) bond motifs is 4. The van der Waals surface area contributed by atoms with E-state index in [4.69, 9.17) is 19.3 Å². The average Bonchev–Trinajstić information content (AvgIpc) is 3.82. The first-order chi connectivity index (χ1) is 31.5. The molecule has 0 aliphatic rings. The molecule has 0 saturated carbocycles. The van der Waals surface area contributed by atoms with Crippen LogP contribution in [0, 0.1) is 23.9 Å². The smallest absolute Gasteiger partial charge is 0.268 e. The van der Waals surface area contributed by atoms with E-state index >= 15 is 0 Å². The minimum Gasteiger partial charge on any atom is -0.510 e. The second-order valence-corrected chi connectivity index (χ2v) is 18.4. The number of aromatic nitrogens is 4. The Kier molecular flexibility index (Phi) is 8.85. The number of nitrogens with zero attached hydrogens (tertiary/aromatic N) is 4. The van der Waals surface area contributed by atoms with Crippen molar-refractivity contribution in [2.24, 2.45) is 5.41 Å². The van der Waals surface area contributed by atoms with Gasteiger partial charge in [-0.05, 0) is 85.8 Å². The van der Waals surface area contributed by atoms with Crippen molar-refractivity contribution in [3.63, 3.8) is 0 Å². The van der Waals surface area contributed by atoms with Crippen molar-refractivity contribution in [2.45, 2.75) is 79.5 Å². The molecule has 6 heteroatoms. The van der Waals surface area contributed by atoms with Gasteiger partial charge in [0.2, 0.25) is 0 Å². The minimum absolute atomic E-state index is 0. The summed E-state index contributed by atoms with van der Waals surface area (Å²) in [6.45, 7) is 18.5. The zero-order valence-electron chi connectivity index (χ0n) is 42.9. The molecule has 0 atom stereocenters. The summed E-state index contributed by atoms with van der Waals surface area (Å²) in [7, 11) is 0. The van der Waals surface area contributed by atoms with Gasteiger partial charge in [0.05, 0.1) is 23.6 Å². The Labute approximate surface area is 384 Å². The van der Waals surface area contributed by atoms with Gasteiger partial charge in [0.25, 0.3) is 6.33 Å². The molecule has 61 heavy (non-hydrogen) atoms. The summed E-state index contributed by atoms with van der Waals surface area (Å²) in [4.78, 5) is 4.75. The van der Waals surface area contributed by atoms with Gasteiger partial charge >= 0.3 is 0 Å². The summed E-state index contributed by atoms with van der Waals surface area (Å²) in [6, 6.07) is 38.4. The predicted molar refractivity (Wildman–Crippen MR) is 246 cm³/mol. The van der Waals surface area contributed by atoms with Gasteiger partial charge in [-0.25, -0.2) is 4.98 Å². The molecule has 0 aliphatic carbocycles. The van der Waals surface area contributed by atoms with E-state index in [1.165, 1.54) is 0 Å². The maximum Gasteiger partial charge on any atom is 0.268 e. The first-order valence-electron chi connectivity index (χ1n) is 23.8. The Morgan fingerprint density at radius 1 is 0.721 bits per heavy atom. The Bertz CT molecular complexity index is 3420. The Morgan fingerprint density at radius 2 is 1.48 bits per heavy atom.